The van der Waals surface area contributed by atoms with E-state index in [1.165, 1.54) is 18.0 Å². The van der Waals surface area contributed by atoms with Gasteiger partial charge >= 0.3 is 0 Å². The van der Waals surface area contributed by atoms with Crippen molar-refractivity contribution in [2.24, 2.45) is 0 Å². The molecule has 0 amide bonds. The van der Waals surface area contributed by atoms with Gasteiger partial charge < -0.3 is 0 Å². The third-order valence-corrected chi connectivity index (χ3v) is 105. The van der Waals surface area contributed by atoms with Crippen molar-refractivity contribution in [2.45, 2.75) is 12.5 Å². The third kappa shape index (κ3) is 5.86. The van der Waals surface area contributed by atoms with E-state index >= 15 is 0 Å². The predicted molar refractivity (Wildman–Crippen MR) is 117 cm³/mol. The molecule has 0 radical (unpaired) electrons. The Balaban J connectivity index is 2.58. The second-order valence-electron chi connectivity index (χ2n) is 3.19. The molecule has 0 aromatic heterocycles. The van der Waals surface area contributed by atoms with Gasteiger partial charge in [0.25, 0.3) is 0.0813 Å². The van der Waals surface area contributed by atoms with Crippen LogP contribution in [0.15, 0.2) is 30.3 Å². The highest BCUT2D eigenvalue weighted by Crippen LogP contribution is 2.48. The van der Waals surface area contributed by atoms with E-state index in [4.69, 9.17) is 0 Å². The Morgan fingerprint density at radius 1 is 0.867 bits per heavy atom. The van der Waals surface area contributed by atoms with Crippen LogP contribution in [0.5, 0.6) is 0 Å². The van der Waals surface area contributed by atoms with Crippen molar-refractivity contribution in [1.82, 2.24) is 0 Å². The summed E-state index contributed by atoms with van der Waals surface area (Å²) in [6, 6.07) is 12.3. The van der Waals surface area contributed by atoms with E-state index < -0.39 is 2.67 Å². The lowest BCUT2D eigenvalue weighted by Crippen LogP contribution is -2.39. The van der Waals surface area contributed by atoms with E-state index in [9.17, 15) is 0 Å². The van der Waals surface area contributed by atoms with Crippen LogP contribution in [-0.4, -0.2) is 2.67 Å². The van der Waals surface area contributed by atoms with Gasteiger partial charge in [-0.05, 0) is 18.0 Å². The van der Waals surface area contributed by atoms with Gasteiger partial charge in [-0.2, -0.15) is 0 Å². The van der Waals surface area contributed by atoms with Crippen molar-refractivity contribution in [3.63, 3.8) is 0 Å². The van der Waals surface area contributed by atoms with E-state index in [2.05, 4.69) is 139 Å². The molecule has 1 aromatic carbocycles. The van der Waals surface area contributed by atoms with Gasteiger partial charge in [-0.3, -0.25) is 0 Å². The maximum atomic E-state index is 2.77. The number of benzene rings is 1. The average Bonchev–Trinajstić information content (AvgIpc) is 2.15. The molecule has 1 aromatic rings. The van der Waals surface area contributed by atoms with Crippen molar-refractivity contribution in [1.29, 1.82) is 0 Å². The van der Waals surface area contributed by atoms with E-state index in [0.29, 0.717) is 0 Å². The molecule has 0 unspecified atom stereocenters. The molecule has 1 rings (SSSR count). The Kier molecular flexibility index (Phi) is 7.83. The number of aryl methyl sites for hydroxylation is 1. The Hall–Kier alpha value is 3.30. The van der Waals surface area contributed by atoms with Crippen LogP contribution in [0.2, 0.25) is 6.04 Å². The molecule has 0 saturated heterocycles. The Morgan fingerprint density at radius 2 is 1.40 bits per heavy atom. The summed E-state index contributed by atoms with van der Waals surface area (Å²) >= 11 is 13.7. The fourth-order valence-electron chi connectivity index (χ4n) is 1.09. The quantitative estimate of drug-likeness (QED) is 0.204. The van der Waals surface area contributed by atoms with Gasteiger partial charge in [0.2, 0.25) is 2.58 Å². The van der Waals surface area contributed by atoms with Gasteiger partial charge in [0.15, 0.2) is 0 Å². The van der Waals surface area contributed by atoms with Crippen LogP contribution in [-0.2, 0) is 6.42 Å². The average molecular weight is 796 g/mol. The van der Waals surface area contributed by atoms with Gasteiger partial charge in [0.05, 0.1) is 0 Å². The van der Waals surface area contributed by atoms with Crippen LogP contribution in [0.25, 0.3) is 0 Å². The number of halogens is 5. The summed E-state index contributed by atoms with van der Waals surface area (Å²) in [4.78, 5) is 0. The minimum absolute atomic E-state index is 1.02. The molecule has 0 saturated carbocycles. The molecule has 0 heterocycles. The first-order valence-electron chi connectivity index (χ1n) is 4.31. The van der Waals surface area contributed by atoms with E-state index in [0.717, 1.165) is 0 Å². The molecule has 0 bridgehead atoms. The van der Waals surface area contributed by atoms with E-state index in [-0.39, 0.29) is 0 Å². The topological polar surface area (TPSA) is 0 Å². The lowest BCUT2D eigenvalue weighted by atomic mass is 10.2. The van der Waals surface area contributed by atoms with Crippen LogP contribution in [0.3, 0.4) is 0 Å². The van der Waals surface area contributed by atoms with Crippen LogP contribution < -0.4 is 0 Å². The highest BCUT2D eigenvalue weighted by Gasteiger charge is 2.47. The summed E-state index contributed by atoms with van der Waals surface area (Å²) in [5, 5.41) is 0. The molecule has 15 heavy (non-hydrogen) atoms. The first kappa shape index (κ1) is 16.4. The lowest BCUT2D eigenvalue weighted by molar-refractivity contribution is 1.13. The molecule has 0 atom stereocenters. The minimum atomic E-state index is -1.05. The van der Waals surface area contributed by atoms with E-state index in [1.807, 2.05) is 0 Å². The SMILES string of the molecule is I[Si](I)(I)[Si](I)(I)CCc1ccccc1. The minimum Gasteiger partial charge on any atom is -0.105 e. The third-order valence-electron chi connectivity index (χ3n) is 1.99. The molecule has 0 fully saturated rings. The number of hydrogen-bond donors (Lipinski definition) is 0. The first-order chi connectivity index (χ1) is 6.83. The molecule has 0 aliphatic carbocycles. The summed E-state index contributed by atoms with van der Waals surface area (Å²) < 4.78 is -2.07. The molecule has 7 heteroatoms. The van der Waals surface area contributed by atoms with Gasteiger partial charge in [-0.25, -0.2) is 0 Å². The van der Waals surface area contributed by atoms with Crippen LogP contribution >= 0.6 is 109 Å². The molecular formula is C8H9I5Si2. The van der Waals surface area contributed by atoms with Crippen molar-refractivity contribution in [3.05, 3.63) is 35.9 Å². The monoisotopic (exact) mass is 796 g/mol. The standard InChI is InChI=1S/C8H9I5Si2/c9-14(10,15(11,12)13)7-6-8-4-2-1-3-5-8/h1-5H,6-7H2. The molecule has 0 N–H and O–H groups in total. The highest BCUT2D eigenvalue weighted by molar-refractivity contribution is 14.4. The van der Waals surface area contributed by atoms with Crippen molar-refractivity contribution < 1.29 is 0 Å². The Labute approximate surface area is 156 Å². The zero-order valence-corrected chi connectivity index (χ0v) is 20.5. The normalized spacial score (nSPS) is 12.9. The van der Waals surface area contributed by atoms with Crippen molar-refractivity contribution in [2.75, 3.05) is 0 Å². The maximum Gasteiger partial charge on any atom is 0.264 e. The number of rotatable bonds is 4. The zero-order chi connectivity index (χ0) is 11.5. The Morgan fingerprint density at radius 3 is 1.87 bits per heavy atom. The largest absolute Gasteiger partial charge is 0.264 e. The number of hydrogen-bond acceptors (Lipinski definition) is 0. The smallest absolute Gasteiger partial charge is 0.105 e. The van der Waals surface area contributed by atoms with Crippen LogP contribution in [0.1, 0.15) is 5.56 Å². The molecule has 0 spiro atoms. The second-order valence-corrected chi connectivity index (χ2v) is 76.6. The first-order valence-corrected chi connectivity index (χ1v) is 25.1. The highest BCUT2D eigenvalue weighted by atomic mass is 127. The molecular weight excluding hydrogens is 787 g/mol. The molecule has 84 valence electrons. The van der Waals surface area contributed by atoms with Gasteiger partial charge in [0.1, 0.15) is 0 Å². The molecule has 0 aliphatic heterocycles. The fraction of sp³-hybridized carbons (Fsp3) is 0.250. The van der Waals surface area contributed by atoms with Gasteiger partial charge in [-0.15, -0.1) is 43.6 Å². The summed E-state index contributed by atoms with van der Waals surface area (Å²) in [7, 11) is 0. The second kappa shape index (κ2) is 7.18. The van der Waals surface area contributed by atoms with Crippen LogP contribution in [0.4, 0.5) is 0 Å². The van der Waals surface area contributed by atoms with Gasteiger partial charge in [0, 0.05) is 0 Å². The maximum absolute atomic E-state index is 2.77. The van der Waals surface area contributed by atoms with E-state index in [1.54, 1.807) is 0 Å². The summed E-state index contributed by atoms with van der Waals surface area (Å²) in [5.41, 5.74) is 1.49. The molecule has 0 nitrogen and oxygen atoms in total. The Bertz CT molecular complexity index is 309. The fourth-order valence-corrected chi connectivity index (χ4v) is 12.1. The summed E-state index contributed by atoms with van der Waals surface area (Å²) in [6.07, 6.45) is 1.25. The summed E-state index contributed by atoms with van der Waals surface area (Å²) in [5.74, 6) is 0. The van der Waals surface area contributed by atoms with Gasteiger partial charge in [-0.1, -0.05) is 95.7 Å². The summed E-state index contributed by atoms with van der Waals surface area (Å²) in [6.45, 7) is 0. The van der Waals surface area contributed by atoms with Crippen molar-refractivity contribution in [3.8, 4) is 0 Å². The zero-order valence-electron chi connectivity index (χ0n) is 7.69. The molecule has 0 aliphatic rings. The van der Waals surface area contributed by atoms with Crippen molar-refractivity contribution >= 4 is 112 Å². The predicted octanol–water partition coefficient (Wildman–Crippen LogP) is 5.86. The lowest BCUT2D eigenvalue weighted by Gasteiger charge is -2.25. The van der Waals surface area contributed by atoms with Crippen LogP contribution in [0, 0.1) is 0 Å².